The van der Waals surface area contributed by atoms with E-state index in [1.54, 1.807) is 0 Å². The molecule has 11 heteroatoms. The van der Waals surface area contributed by atoms with Crippen LogP contribution in [-0.4, -0.2) is 39.3 Å². The minimum absolute atomic E-state index is 0. The Balaban J connectivity index is -0.0000000150. The molecule has 17 heavy (non-hydrogen) atoms. The van der Waals surface area contributed by atoms with Gasteiger partial charge in [0.2, 0.25) is 0 Å². The van der Waals surface area contributed by atoms with Crippen LogP contribution in [0, 0.1) is 0 Å². The summed E-state index contributed by atoms with van der Waals surface area (Å²) in [4.78, 5) is 3.69. The van der Waals surface area contributed by atoms with Gasteiger partial charge >= 0.3 is 34.7 Å². The molecular formula is C6H14Cr2N2O7. The molecule has 2 bridgehead atoms. The van der Waals surface area contributed by atoms with E-state index in [1.165, 1.54) is 39.3 Å². The van der Waals surface area contributed by atoms with Crippen molar-refractivity contribution in [1.29, 1.82) is 0 Å². The van der Waals surface area contributed by atoms with Crippen LogP contribution in [0.1, 0.15) is 0 Å². The van der Waals surface area contributed by atoms with Crippen molar-refractivity contribution < 1.29 is 82.9 Å². The average Bonchev–Trinajstić information content (AvgIpc) is 1.92. The van der Waals surface area contributed by atoms with Crippen molar-refractivity contribution in [2.75, 3.05) is 39.3 Å². The molecule has 0 aromatic carbocycles. The summed E-state index contributed by atoms with van der Waals surface area (Å²) in [6.45, 7) is 8.64. The van der Waals surface area contributed by atoms with Crippen molar-refractivity contribution in [3.8, 4) is 0 Å². The molecule has 0 radical (unpaired) electrons. The molecular weight excluding hydrogens is 316 g/mol. The van der Waals surface area contributed by atoms with Gasteiger partial charge in [0.05, 0.1) is 0 Å². The van der Waals surface area contributed by atoms with E-state index >= 15 is 0 Å². The Labute approximate surface area is 122 Å². The smallest absolute Gasteiger partial charge is 2.00 e. The summed E-state index contributed by atoms with van der Waals surface area (Å²) in [7, 11) is 0. The van der Waals surface area contributed by atoms with E-state index in [-0.39, 0.29) is 73.1 Å². The van der Waals surface area contributed by atoms with Gasteiger partial charge in [-0.3, -0.25) is 0 Å². The maximum atomic E-state index is 1.85. The van der Waals surface area contributed by atoms with Crippen molar-refractivity contribution in [2.24, 2.45) is 0 Å². The Morgan fingerprint density at radius 3 is 0.529 bits per heavy atom. The summed E-state index contributed by atoms with van der Waals surface area (Å²) in [5, 5.41) is 0. The molecule has 0 saturated carbocycles. The zero-order chi connectivity index (χ0) is 5.40. The largest absolute Gasteiger partial charge is 6.00 e. The molecule has 0 amide bonds. The third kappa shape index (κ3) is 14.6. The van der Waals surface area contributed by atoms with Crippen LogP contribution in [0.5, 0.6) is 0 Å². The number of hydrogen-bond donors (Lipinski definition) is 2. The SMILES string of the molecule is C1C[NH+]2CC[NH+]1CC2.[Cr+6].[Cr+6].[O-2].[O-2].[O-2].[O-2].[O-2].[O-2].[O-2]. The number of nitrogens with one attached hydrogen (secondary N) is 2. The summed E-state index contributed by atoms with van der Waals surface area (Å²) in [6, 6.07) is 0. The van der Waals surface area contributed by atoms with Crippen molar-refractivity contribution in [1.82, 2.24) is 0 Å². The van der Waals surface area contributed by atoms with Crippen LogP contribution in [0.4, 0.5) is 0 Å². The van der Waals surface area contributed by atoms with Gasteiger partial charge in [0.15, 0.2) is 0 Å². The van der Waals surface area contributed by atoms with Gasteiger partial charge in [0.1, 0.15) is 39.3 Å². The fraction of sp³-hybridized carbons (Fsp3) is 1.00. The summed E-state index contributed by atoms with van der Waals surface area (Å²) >= 11 is 0. The second kappa shape index (κ2) is 25.5. The van der Waals surface area contributed by atoms with E-state index in [1.807, 2.05) is 9.80 Å². The maximum Gasteiger partial charge on any atom is 6.00 e. The maximum absolute atomic E-state index is 1.85. The van der Waals surface area contributed by atoms with Gasteiger partial charge in [-0.05, 0) is 0 Å². The normalized spacial score (nSPS) is 21.2. The van der Waals surface area contributed by atoms with Gasteiger partial charge in [-0.2, -0.15) is 0 Å². The molecule has 0 aromatic heterocycles. The first-order chi connectivity index (χ1) is 3.95. The zero-order valence-corrected chi connectivity index (χ0v) is 11.5. The van der Waals surface area contributed by atoms with Gasteiger partial charge < -0.3 is 48.1 Å². The third-order valence-corrected chi connectivity index (χ3v) is 2.50. The van der Waals surface area contributed by atoms with Crippen LogP contribution in [0.25, 0.3) is 0 Å². The molecule has 3 fully saturated rings. The minimum Gasteiger partial charge on any atom is -2.00 e. The molecule has 3 aliphatic rings. The fourth-order valence-corrected chi connectivity index (χ4v) is 1.81. The van der Waals surface area contributed by atoms with Crippen LogP contribution in [0.3, 0.4) is 0 Å². The van der Waals surface area contributed by atoms with Gasteiger partial charge in [-0.15, -0.1) is 0 Å². The minimum atomic E-state index is 0. The second-order valence-electron chi connectivity index (χ2n) is 3.00. The van der Waals surface area contributed by atoms with Gasteiger partial charge in [-0.1, -0.05) is 0 Å². The van der Waals surface area contributed by atoms with Crippen LogP contribution < -0.4 is 9.80 Å². The molecule has 3 aliphatic heterocycles. The number of quaternary nitrogens is 2. The molecule has 3 heterocycles. The first kappa shape index (κ1) is 52.5. The number of fused-ring (bicyclic) bond motifs is 3. The quantitative estimate of drug-likeness (QED) is 0.434. The molecule has 0 aliphatic carbocycles. The Morgan fingerprint density at radius 2 is 0.471 bits per heavy atom. The summed E-state index contributed by atoms with van der Waals surface area (Å²) < 4.78 is 0. The van der Waals surface area contributed by atoms with E-state index in [4.69, 9.17) is 0 Å². The van der Waals surface area contributed by atoms with E-state index in [9.17, 15) is 0 Å². The topological polar surface area (TPSA) is 208 Å². The summed E-state index contributed by atoms with van der Waals surface area (Å²) in [5.41, 5.74) is 0. The average molecular weight is 330 g/mol. The van der Waals surface area contributed by atoms with E-state index < -0.39 is 0 Å². The Kier molecular flexibility index (Phi) is 78.8. The fourth-order valence-electron chi connectivity index (χ4n) is 1.81. The predicted molar refractivity (Wildman–Crippen MR) is 35.9 cm³/mol. The van der Waals surface area contributed by atoms with Crippen LogP contribution >= 0.6 is 0 Å². The van der Waals surface area contributed by atoms with Crippen LogP contribution in [0.2, 0.25) is 0 Å². The molecule has 0 aromatic rings. The standard InChI is InChI=1S/C6H12N2.2Cr.7O/c1-2-8-5-3-7(1)4-6-8;;;;;;;;;/h1-6H2;;;;;;;;;/q;2*+6;7*-2/p+2. The summed E-state index contributed by atoms with van der Waals surface area (Å²) in [6.07, 6.45) is 0. The van der Waals surface area contributed by atoms with Crippen molar-refractivity contribution >= 4 is 0 Å². The van der Waals surface area contributed by atoms with Crippen LogP contribution in [-0.2, 0) is 73.1 Å². The predicted octanol–water partition coefficient (Wildman–Crippen LogP) is -4.05. The van der Waals surface area contributed by atoms with Crippen molar-refractivity contribution in [2.45, 2.75) is 0 Å². The number of rotatable bonds is 0. The zero-order valence-electron chi connectivity index (χ0n) is 8.92. The van der Waals surface area contributed by atoms with Crippen molar-refractivity contribution in [3.05, 3.63) is 0 Å². The summed E-state index contributed by atoms with van der Waals surface area (Å²) in [5.74, 6) is 0. The first-order valence-electron chi connectivity index (χ1n) is 3.62. The van der Waals surface area contributed by atoms with E-state index in [0.29, 0.717) is 0 Å². The molecule has 0 spiro atoms. The number of hydrogen-bond acceptors (Lipinski definition) is 0. The Hall–Kier alpha value is 0.705. The second-order valence-corrected chi connectivity index (χ2v) is 3.00. The third-order valence-electron chi connectivity index (χ3n) is 2.50. The Bertz CT molecular complexity index is 85.3. The van der Waals surface area contributed by atoms with Gasteiger partial charge in [0, 0.05) is 0 Å². The van der Waals surface area contributed by atoms with Gasteiger partial charge in [-0.25, -0.2) is 0 Å². The van der Waals surface area contributed by atoms with Crippen LogP contribution in [0.15, 0.2) is 0 Å². The molecule has 0 atom stereocenters. The molecule has 3 saturated heterocycles. The van der Waals surface area contributed by atoms with Crippen molar-refractivity contribution in [3.63, 3.8) is 0 Å². The molecule has 2 N–H and O–H groups in total. The molecule has 102 valence electrons. The molecule has 3 rings (SSSR count). The number of piperazine rings is 3. The molecule has 9 nitrogen and oxygen atoms in total. The van der Waals surface area contributed by atoms with Gasteiger partial charge in [0.25, 0.3) is 0 Å². The van der Waals surface area contributed by atoms with E-state index in [2.05, 4.69) is 0 Å². The van der Waals surface area contributed by atoms with E-state index in [0.717, 1.165) is 0 Å². The monoisotopic (exact) mass is 330 g/mol. The first-order valence-corrected chi connectivity index (χ1v) is 3.62. The molecule has 0 unspecified atom stereocenters. The Morgan fingerprint density at radius 1 is 0.353 bits per heavy atom.